The molecule has 5 heteroatoms. The van der Waals surface area contributed by atoms with E-state index in [0.29, 0.717) is 16.5 Å². The number of carbonyl (C=O) groups excluding carboxylic acids is 1. The summed E-state index contributed by atoms with van der Waals surface area (Å²) in [6, 6.07) is 6.98. The van der Waals surface area contributed by atoms with Gasteiger partial charge in [0.2, 0.25) is 0 Å². The van der Waals surface area contributed by atoms with E-state index in [9.17, 15) is 4.79 Å². The number of hydrogen-bond donors (Lipinski definition) is 1. The van der Waals surface area contributed by atoms with E-state index in [1.54, 1.807) is 24.4 Å². The standard InChI is InChI=1S/C15H16ClN3O/c1-3-4-12-7-11(8-13(16)18-12)15(20)19-14-6-5-10(2)9-17-14/h5-9H,3-4H2,1-2H3,(H,17,19,20). The summed E-state index contributed by atoms with van der Waals surface area (Å²) in [4.78, 5) is 20.5. The summed E-state index contributed by atoms with van der Waals surface area (Å²) in [7, 11) is 0. The number of amides is 1. The Morgan fingerprint density at radius 1 is 1.35 bits per heavy atom. The predicted octanol–water partition coefficient (Wildman–Crippen LogP) is 3.64. The molecular weight excluding hydrogens is 274 g/mol. The number of aromatic nitrogens is 2. The van der Waals surface area contributed by atoms with Gasteiger partial charge in [0.05, 0.1) is 0 Å². The van der Waals surface area contributed by atoms with Crippen molar-refractivity contribution in [3.8, 4) is 0 Å². The van der Waals surface area contributed by atoms with E-state index in [0.717, 1.165) is 24.1 Å². The molecule has 0 spiro atoms. The smallest absolute Gasteiger partial charge is 0.256 e. The second-order valence-electron chi connectivity index (χ2n) is 4.59. The van der Waals surface area contributed by atoms with Gasteiger partial charge < -0.3 is 5.32 Å². The first-order valence-electron chi connectivity index (χ1n) is 6.49. The van der Waals surface area contributed by atoms with Gasteiger partial charge in [-0.1, -0.05) is 31.0 Å². The van der Waals surface area contributed by atoms with Crippen molar-refractivity contribution >= 4 is 23.3 Å². The second kappa shape index (κ2) is 6.48. The van der Waals surface area contributed by atoms with Gasteiger partial charge in [0.15, 0.2) is 0 Å². The molecule has 0 saturated heterocycles. The van der Waals surface area contributed by atoms with Crippen molar-refractivity contribution in [2.45, 2.75) is 26.7 Å². The molecule has 0 aliphatic rings. The van der Waals surface area contributed by atoms with Gasteiger partial charge in [0, 0.05) is 17.5 Å². The average Bonchev–Trinajstić information content (AvgIpc) is 2.41. The van der Waals surface area contributed by atoms with Gasteiger partial charge in [0.1, 0.15) is 11.0 Å². The molecule has 0 bridgehead atoms. The van der Waals surface area contributed by atoms with Gasteiger partial charge in [-0.3, -0.25) is 4.79 Å². The Bertz CT molecular complexity index is 611. The average molecular weight is 290 g/mol. The zero-order chi connectivity index (χ0) is 14.5. The third kappa shape index (κ3) is 3.78. The maximum atomic E-state index is 12.2. The highest BCUT2D eigenvalue weighted by Crippen LogP contribution is 2.14. The minimum atomic E-state index is -0.233. The van der Waals surface area contributed by atoms with E-state index in [4.69, 9.17) is 11.6 Å². The highest BCUT2D eigenvalue weighted by molar-refractivity contribution is 6.29. The fraction of sp³-hybridized carbons (Fsp3) is 0.267. The van der Waals surface area contributed by atoms with E-state index in [1.165, 1.54) is 0 Å². The first-order chi connectivity index (χ1) is 9.58. The molecular formula is C15H16ClN3O. The molecule has 2 aromatic heterocycles. The summed E-state index contributed by atoms with van der Waals surface area (Å²) in [5.41, 5.74) is 2.36. The lowest BCUT2D eigenvalue weighted by Gasteiger charge is -2.07. The lowest BCUT2D eigenvalue weighted by molar-refractivity contribution is 0.102. The molecule has 2 rings (SSSR count). The summed E-state index contributed by atoms with van der Waals surface area (Å²) in [5.74, 6) is 0.286. The van der Waals surface area contributed by atoms with Gasteiger partial charge in [-0.2, -0.15) is 0 Å². The van der Waals surface area contributed by atoms with Crippen LogP contribution in [0.3, 0.4) is 0 Å². The zero-order valence-electron chi connectivity index (χ0n) is 11.5. The van der Waals surface area contributed by atoms with Crippen molar-refractivity contribution in [1.82, 2.24) is 9.97 Å². The van der Waals surface area contributed by atoms with Crippen molar-refractivity contribution in [3.63, 3.8) is 0 Å². The summed E-state index contributed by atoms with van der Waals surface area (Å²) in [6.07, 6.45) is 3.45. The molecule has 2 heterocycles. The first kappa shape index (κ1) is 14.5. The number of carbonyl (C=O) groups is 1. The molecule has 0 aromatic carbocycles. The Kier molecular flexibility index (Phi) is 4.69. The highest BCUT2D eigenvalue weighted by atomic mass is 35.5. The second-order valence-corrected chi connectivity index (χ2v) is 4.98. The number of rotatable bonds is 4. The number of nitrogens with one attached hydrogen (secondary N) is 1. The number of nitrogens with zero attached hydrogens (tertiary/aromatic N) is 2. The normalized spacial score (nSPS) is 10.3. The SMILES string of the molecule is CCCc1cc(C(=O)Nc2ccc(C)cn2)cc(Cl)n1. The van der Waals surface area contributed by atoms with Crippen LogP contribution in [0.4, 0.5) is 5.82 Å². The van der Waals surface area contributed by atoms with Crippen LogP contribution < -0.4 is 5.32 Å². The Balaban J connectivity index is 2.18. The minimum absolute atomic E-state index is 0.233. The van der Waals surface area contributed by atoms with Crippen LogP contribution in [0.15, 0.2) is 30.5 Å². The predicted molar refractivity (Wildman–Crippen MR) is 80.2 cm³/mol. The molecule has 2 aromatic rings. The monoisotopic (exact) mass is 289 g/mol. The van der Waals surface area contributed by atoms with Crippen LogP contribution in [0.25, 0.3) is 0 Å². The summed E-state index contributed by atoms with van der Waals surface area (Å²) in [5, 5.41) is 3.08. The van der Waals surface area contributed by atoms with E-state index in [2.05, 4.69) is 22.2 Å². The largest absolute Gasteiger partial charge is 0.307 e. The van der Waals surface area contributed by atoms with Crippen LogP contribution in [0.2, 0.25) is 5.15 Å². The van der Waals surface area contributed by atoms with Gasteiger partial charge in [-0.05, 0) is 37.1 Å². The highest BCUT2D eigenvalue weighted by Gasteiger charge is 2.10. The van der Waals surface area contributed by atoms with Crippen molar-refractivity contribution in [3.05, 3.63) is 52.4 Å². The molecule has 0 unspecified atom stereocenters. The van der Waals surface area contributed by atoms with Crippen LogP contribution >= 0.6 is 11.6 Å². The number of pyridine rings is 2. The molecule has 1 amide bonds. The van der Waals surface area contributed by atoms with Crippen LogP contribution in [0.5, 0.6) is 0 Å². The van der Waals surface area contributed by atoms with Gasteiger partial charge in [0.25, 0.3) is 5.91 Å². The molecule has 0 saturated carbocycles. The van der Waals surface area contributed by atoms with Crippen LogP contribution in [0.1, 0.15) is 35.0 Å². The minimum Gasteiger partial charge on any atom is -0.307 e. The number of anilines is 1. The van der Waals surface area contributed by atoms with Crippen molar-refractivity contribution in [2.24, 2.45) is 0 Å². The lowest BCUT2D eigenvalue weighted by Crippen LogP contribution is -2.13. The molecule has 0 atom stereocenters. The topological polar surface area (TPSA) is 54.9 Å². The van der Waals surface area contributed by atoms with Crippen LogP contribution in [0, 0.1) is 6.92 Å². The third-order valence-corrected chi connectivity index (χ3v) is 2.96. The molecule has 104 valence electrons. The number of halogens is 1. The molecule has 20 heavy (non-hydrogen) atoms. The zero-order valence-corrected chi connectivity index (χ0v) is 12.2. The molecule has 4 nitrogen and oxygen atoms in total. The van der Waals surface area contributed by atoms with Crippen molar-refractivity contribution in [1.29, 1.82) is 0 Å². The lowest BCUT2D eigenvalue weighted by atomic mass is 10.1. The molecule has 0 radical (unpaired) electrons. The summed E-state index contributed by atoms with van der Waals surface area (Å²) >= 11 is 5.95. The van der Waals surface area contributed by atoms with E-state index in [-0.39, 0.29) is 5.91 Å². The quantitative estimate of drug-likeness (QED) is 0.874. The van der Waals surface area contributed by atoms with Crippen LogP contribution in [-0.2, 0) is 6.42 Å². The maximum Gasteiger partial charge on any atom is 0.256 e. The third-order valence-electron chi connectivity index (χ3n) is 2.77. The fourth-order valence-corrected chi connectivity index (χ4v) is 2.02. The van der Waals surface area contributed by atoms with Gasteiger partial charge in [-0.15, -0.1) is 0 Å². The summed E-state index contributed by atoms with van der Waals surface area (Å²) < 4.78 is 0. The van der Waals surface area contributed by atoms with Crippen molar-refractivity contribution in [2.75, 3.05) is 5.32 Å². The molecule has 0 fully saturated rings. The van der Waals surface area contributed by atoms with Gasteiger partial charge >= 0.3 is 0 Å². The Morgan fingerprint density at radius 2 is 2.15 bits per heavy atom. The number of hydrogen-bond acceptors (Lipinski definition) is 3. The first-order valence-corrected chi connectivity index (χ1v) is 6.86. The molecule has 1 N–H and O–H groups in total. The Labute approximate surface area is 123 Å². The van der Waals surface area contributed by atoms with Gasteiger partial charge in [-0.25, -0.2) is 9.97 Å². The van der Waals surface area contributed by atoms with E-state index < -0.39 is 0 Å². The maximum absolute atomic E-state index is 12.2. The fourth-order valence-electron chi connectivity index (χ4n) is 1.80. The molecule has 0 aliphatic heterocycles. The van der Waals surface area contributed by atoms with E-state index in [1.807, 2.05) is 13.0 Å². The van der Waals surface area contributed by atoms with Crippen LogP contribution in [-0.4, -0.2) is 15.9 Å². The van der Waals surface area contributed by atoms with Crippen molar-refractivity contribution < 1.29 is 4.79 Å². The van der Waals surface area contributed by atoms with E-state index >= 15 is 0 Å². The Hall–Kier alpha value is -1.94. The molecule has 0 aliphatic carbocycles. The number of aryl methyl sites for hydroxylation is 2. The summed E-state index contributed by atoms with van der Waals surface area (Å²) in [6.45, 7) is 4.00. The Morgan fingerprint density at radius 3 is 2.80 bits per heavy atom.